The number of carboxylic acids is 1. The van der Waals surface area contributed by atoms with Crippen LogP contribution in [0.1, 0.15) is 11.1 Å². The molecule has 23 heavy (non-hydrogen) atoms. The quantitative estimate of drug-likeness (QED) is 0.789. The summed E-state index contributed by atoms with van der Waals surface area (Å²) in [5.41, 5.74) is 0.930. The van der Waals surface area contributed by atoms with Crippen molar-refractivity contribution in [1.29, 1.82) is 0 Å². The fourth-order valence-corrected chi connectivity index (χ4v) is 2.36. The number of hydrogen-bond acceptors (Lipinski definition) is 3. The molecule has 0 amide bonds. The maximum atomic E-state index is 13.7. The molecule has 2 aromatic carbocycles. The Morgan fingerprint density at radius 3 is 2.74 bits per heavy atom. The Morgan fingerprint density at radius 1 is 1.26 bits per heavy atom. The normalized spacial score (nSPS) is 10.6. The van der Waals surface area contributed by atoms with Crippen molar-refractivity contribution in [1.82, 2.24) is 5.32 Å². The van der Waals surface area contributed by atoms with Gasteiger partial charge in [-0.25, -0.2) is 4.39 Å². The van der Waals surface area contributed by atoms with Gasteiger partial charge < -0.3 is 15.2 Å². The summed E-state index contributed by atoms with van der Waals surface area (Å²) in [6.07, 6.45) is 0. The molecule has 0 heterocycles. The van der Waals surface area contributed by atoms with Crippen LogP contribution in [0.2, 0.25) is 10.0 Å². The summed E-state index contributed by atoms with van der Waals surface area (Å²) < 4.78 is 19.4. The van der Waals surface area contributed by atoms with Gasteiger partial charge in [-0.1, -0.05) is 29.3 Å². The van der Waals surface area contributed by atoms with Crippen LogP contribution in [-0.2, 0) is 17.9 Å². The first-order chi connectivity index (χ1) is 11.0. The summed E-state index contributed by atoms with van der Waals surface area (Å²) in [7, 11) is 0. The number of nitrogens with one attached hydrogen (secondary N) is 1. The van der Waals surface area contributed by atoms with Crippen molar-refractivity contribution in [2.75, 3.05) is 6.54 Å². The van der Waals surface area contributed by atoms with Crippen molar-refractivity contribution in [2.45, 2.75) is 13.2 Å². The number of carbonyl (C=O) groups is 1. The molecule has 2 aromatic rings. The van der Waals surface area contributed by atoms with Gasteiger partial charge in [-0.05, 0) is 30.3 Å². The molecule has 0 fully saturated rings. The molecular weight excluding hydrogens is 344 g/mol. The molecule has 0 aromatic heterocycles. The highest BCUT2D eigenvalue weighted by molar-refractivity contribution is 6.31. The van der Waals surface area contributed by atoms with Crippen molar-refractivity contribution in [3.05, 3.63) is 63.4 Å². The third-order valence-corrected chi connectivity index (χ3v) is 3.64. The molecule has 0 saturated carbocycles. The van der Waals surface area contributed by atoms with Gasteiger partial charge in [0.1, 0.15) is 18.2 Å². The van der Waals surface area contributed by atoms with E-state index in [1.807, 2.05) is 0 Å². The van der Waals surface area contributed by atoms with E-state index in [-0.39, 0.29) is 30.3 Å². The van der Waals surface area contributed by atoms with Gasteiger partial charge >= 0.3 is 5.97 Å². The minimum Gasteiger partial charge on any atom is -0.488 e. The topological polar surface area (TPSA) is 58.6 Å². The van der Waals surface area contributed by atoms with Crippen LogP contribution in [0.5, 0.6) is 5.75 Å². The lowest BCUT2D eigenvalue weighted by Crippen LogP contribution is -2.22. The predicted octanol–water partition coefficient (Wildman–Crippen LogP) is 3.89. The second-order valence-electron chi connectivity index (χ2n) is 4.74. The number of ether oxygens (including phenoxy) is 1. The monoisotopic (exact) mass is 357 g/mol. The van der Waals surface area contributed by atoms with Crippen molar-refractivity contribution in [3.8, 4) is 5.75 Å². The summed E-state index contributed by atoms with van der Waals surface area (Å²) in [5.74, 6) is -0.934. The summed E-state index contributed by atoms with van der Waals surface area (Å²) >= 11 is 11.9. The van der Waals surface area contributed by atoms with Crippen molar-refractivity contribution in [2.24, 2.45) is 0 Å². The Kier molecular flexibility index (Phi) is 6.21. The zero-order valence-electron chi connectivity index (χ0n) is 12.0. The van der Waals surface area contributed by atoms with Crippen LogP contribution in [0, 0.1) is 5.82 Å². The SMILES string of the molecule is O=C(O)CNCc1cc(Cl)ccc1OCc1c(F)cccc1Cl. The van der Waals surface area contributed by atoms with Crippen LogP contribution in [0.25, 0.3) is 0 Å². The minimum atomic E-state index is -0.965. The summed E-state index contributed by atoms with van der Waals surface area (Å²) in [4.78, 5) is 10.6. The van der Waals surface area contributed by atoms with Crippen LogP contribution >= 0.6 is 23.2 Å². The largest absolute Gasteiger partial charge is 0.488 e. The van der Waals surface area contributed by atoms with Crippen LogP contribution in [0.4, 0.5) is 4.39 Å². The zero-order valence-corrected chi connectivity index (χ0v) is 13.5. The second kappa shape index (κ2) is 8.15. The van der Waals surface area contributed by atoms with Gasteiger partial charge in [-0.2, -0.15) is 0 Å². The van der Waals surface area contributed by atoms with Crippen LogP contribution in [0.3, 0.4) is 0 Å². The first kappa shape index (κ1) is 17.5. The highest BCUT2D eigenvalue weighted by atomic mass is 35.5. The molecule has 0 bridgehead atoms. The van der Waals surface area contributed by atoms with Gasteiger partial charge in [-0.15, -0.1) is 0 Å². The molecule has 0 spiro atoms. The van der Waals surface area contributed by atoms with E-state index in [2.05, 4.69) is 5.32 Å². The molecule has 2 rings (SSSR count). The van der Waals surface area contributed by atoms with E-state index >= 15 is 0 Å². The minimum absolute atomic E-state index is 0.0426. The molecule has 0 aliphatic heterocycles. The zero-order chi connectivity index (χ0) is 16.8. The van der Waals surface area contributed by atoms with E-state index in [0.717, 1.165) is 0 Å². The molecule has 0 aliphatic carbocycles. The van der Waals surface area contributed by atoms with Crippen molar-refractivity contribution in [3.63, 3.8) is 0 Å². The average molecular weight is 358 g/mol. The fraction of sp³-hybridized carbons (Fsp3) is 0.188. The van der Waals surface area contributed by atoms with Crippen LogP contribution < -0.4 is 10.1 Å². The lowest BCUT2D eigenvalue weighted by molar-refractivity contribution is -0.136. The predicted molar refractivity (Wildman–Crippen MR) is 86.5 cm³/mol. The lowest BCUT2D eigenvalue weighted by Gasteiger charge is -2.13. The Bertz CT molecular complexity index is 689. The van der Waals surface area contributed by atoms with Gasteiger partial charge in [0.2, 0.25) is 0 Å². The molecule has 0 aliphatic rings. The average Bonchev–Trinajstić information content (AvgIpc) is 2.48. The summed E-state index contributed by atoms with van der Waals surface area (Å²) in [6.45, 7) is 0.0252. The maximum Gasteiger partial charge on any atom is 0.317 e. The van der Waals surface area contributed by atoms with Gasteiger partial charge in [-0.3, -0.25) is 4.79 Å². The molecule has 7 heteroatoms. The number of hydrogen-bond donors (Lipinski definition) is 2. The van der Waals surface area contributed by atoms with E-state index in [4.69, 9.17) is 33.0 Å². The molecule has 0 saturated heterocycles. The molecule has 2 N–H and O–H groups in total. The van der Waals surface area contributed by atoms with Crippen LogP contribution in [-0.4, -0.2) is 17.6 Å². The van der Waals surface area contributed by atoms with Gasteiger partial charge in [0.15, 0.2) is 0 Å². The Hall–Kier alpha value is -1.82. The second-order valence-corrected chi connectivity index (χ2v) is 5.58. The summed E-state index contributed by atoms with van der Waals surface area (Å²) in [5, 5.41) is 12.2. The molecule has 0 unspecified atom stereocenters. The van der Waals surface area contributed by atoms with E-state index in [9.17, 15) is 9.18 Å². The number of aliphatic carboxylic acids is 1. The Balaban J connectivity index is 2.11. The highest BCUT2D eigenvalue weighted by Gasteiger charge is 2.10. The third kappa shape index (κ3) is 5.10. The van der Waals surface area contributed by atoms with E-state index < -0.39 is 11.8 Å². The maximum absolute atomic E-state index is 13.7. The Labute approximate surface area is 142 Å². The highest BCUT2D eigenvalue weighted by Crippen LogP contribution is 2.26. The Morgan fingerprint density at radius 2 is 2.04 bits per heavy atom. The lowest BCUT2D eigenvalue weighted by atomic mass is 10.2. The standard InChI is InChI=1S/C16H14Cl2FNO3/c17-11-4-5-15(10(6-11)7-20-8-16(21)22)23-9-12-13(18)2-1-3-14(12)19/h1-6,20H,7-9H2,(H,21,22). The fourth-order valence-electron chi connectivity index (χ4n) is 1.95. The van der Waals surface area contributed by atoms with Gasteiger partial charge in [0, 0.05) is 22.7 Å². The number of rotatable bonds is 7. The first-order valence-corrected chi connectivity index (χ1v) is 7.49. The summed E-state index contributed by atoms with van der Waals surface area (Å²) in [6, 6.07) is 9.36. The van der Waals surface area contributed by atoms with Crippen LogP contribution in [0.15, 0.2) is 36.4 Å². The number of benzene rings is 2. The van der Waals surface area contributed by atoms with Gasteiger partial charge in [0.25, 0.3) is 0 Å². The number of halogens is 3. The smallest absolute Gasteiger partial charge is 0.317 e. The van der Waals surface area contributed by atoms with E-state index in [0.29, 0.717) is 16.3 Å². The third-order valence-electron chi connectivity index (χ3n) is 3.05. The van der Waals surface area contributed by atoms with Gasteiger partial charge in [0.05, 0.1) is 11.6 Å². The molecule has 0 atom stereocenters. The first-order valence-electron chi connectivity index (χ1n) is 6.74. The van der Waals surface area contributed by atoms with Crippen molar-refractivity contribution < 1.29 is 19.0 Å². The molecule has 122 valence electrons. The molecule has 4 nitrogen and oxygen atoms in total. The number of carboxylic acid groups (broad SMARTS) is 1. The van der Waals surface area contributed by atoms with Crippen molar-refractivity contribution >= 4 is 29.2 Å². The van der Waals surface area contributed by atoms with E-state index in [1.54, 1.807) is 24.3 Å². The molecular formula is C16H14Cl2FNO3. The van der Waals surface area contributed by atoms with E-state index in [1.165, 1.54) is 12.1 Å². The molecule has 0 radical (unpaired) electrons.